The highest BCUT2D eigenvalue weighted by Gasteiger charge is 2.15. The molecular formula is C25H19ClN4O3. The predicted molar refractivity (Wildman–Crippen MR) is 128 cm³/mol. The number of para-hydroxylation sites is 1. The number of nitrogens with one attached hydrogen (secondary N) is 3. The predicted octanol–water partition coefficient (Wildman–Crippen LogP) is 4.59. The number of fused-ring (bicyclic) bond motifs is 1. The van der Waals surface area contributed by atoms with Gasteiger partial charge in [-0.05, 0) is 48.5 Å². The first kappa shape index (κ1) is 22.0. The van der Waals surface area contributed by atoms with E-state index >= 15 is 0 Å². The van der Waals surface area contributed by atoms with Gasteiger partial charge in [0.1, 0.15) is 0 Å². The maximum absolute atomic E-state index is 13.0. The molecule has 0 aliphatic carbocycles. The molecule has 4 aromatic rings. The molecule has 4 rings (SSSR count). The van der Waals surface area contributed by atoms with E-state index in [4.69, 9.17) is 11.6 Å². The van der Waals surface area contributed by atoms with Gasteiger partial charge in [-0.3, -0.25) is 25.2 Å². The van der Waals surface area contributed by atoms with E-state index < -0.39 is 11.8 Å². The Bertz CT molecular complexity index is 1350. The van der Waals surface area contributed by atoms with Crippen LogP contribution in [-0.2, 0) is 4.79 Å². The van der Waals surface area contributed by atoms with Crippen LogP contribution in [0.15, 0.2) is 78.9 Å². The summed E-state index contributed by atoms with van der Waals surface area (Å²) in [6, 6.07) is 22.4. The van der Waals surface area contributed by atoms with Crippen LogP contribution in [-0.4, -0.2) is 22.7 Å². The van der Waals surface area contributed by atoms with Crippen molar-refractivity contribution in [2.75, 3.05) is 5.32 Å². The van der Waals surface area contributed by atoms with Crippen LogP contribution in [0.25, 0.3) is 22.2 Å². The number of pyridine rings is 1. The first-order valence-corrected chi connectivity index (χ1v) is 10.4. The number of carbonyl (C=O) groups is 3. The second-order valence-electron chi connectivity index (χ2n) is 7.25. The Hall–Kier alpha value is -4.23. The van der Waals surface area contributed by atoms with E-state index in [2.05, 4.69) is 21.2 Å². The van der Waals surface area contributed by atoms with Gasteiger partial charge in [-0.15, -0.1) is 0 Å². The molecule has 0 unspecified atom stereocenters. The molecule has 1 heterocycles. The maximum atomic E-state index is 13.0. The van der Waals surface area contributed by atoms with E-state index in [0.717, 1.165) is 5.56 Å². The Morgan fingerprint density at radius 2 is 1.48 bits per heavy atom. The molecule has 0 spiro atoms. The SMILES string of the molecule is CC(=O)Nc1ccc(C(=O)NNC(=O)c2cc(-c3ccc(Cl)cc3)nc3ccccc23)cc1. The number of halogens is 1. The van der Waals surface area contributed by atoms with E-state index in [0.29, 0.717) is 38.4 Å². The number of aromatic nitrogens is 1. The van der Waals surface area contributed by atoms with Crippen molar-refractivity contribution in [3.63, 3.8) is 0 Å². The van der Waals surface area contributed by atoms with E-state index in [1.807, 2.05) is 30.3 Å². The van der Waals surface area contributed by atoms with Crippen molar-refractivity contribution in [2.24, 2.45) is 0 Å². The summed E-state index contributed by atoms with van der Waals surface area (Å²) in [4.78, 5) is 41.2. The third kappa shape index (κ3) is 5.16. The van der Waals surface area contributed by atoms with Crippen LogP contribution in [0.4, 0.5) is 5.69 Å². The average molecular weight is 459 g/mol. The Morgan fingerprint density at radius 1 is 0.818 bits per heavy atom. The summed E-state index contributed by atoms with van der Waals surface area (Å²) in [7, 11) is 0. The average Bonchev–Trinajstić information content (AvgIpc) is 2.82. The van der Waals surface area contributed by atoms with Crippen LogP contribution >= 0.6 is 11.6 Å². The molecule has 164 valence electrons. The number of benzene rings is 3. The zero-order valence-electron chi connectivity index (χ0n) is 17.6. The summed E-state index contributed by atoms with van der Waals surface area (Å²) in [5, 5.41) is 3.88. The van der Waals surface area contributed by atoms with Crippen molar-refractivity contribution in [3.05, 3.63) is 95.0 Å². The van der Waals surface area contributed by atoms with Crippen molar-refractivity contribution in [2.45, 2.75) is 6.92 Å². The number of anilines is 1. The summed E-state index contributed by atoms with van der Waals surface area (Å²) < 4.78 is 0. The molecule has 0 aliphatic rings. The maximum Gasteiger partial charge on any atom is 0.270 e. The summed E-state index contributed by atoms with van der Waals surface area (Å²) in [6.07, 6.45) is 0. The van der Waals surface area contributed by atoms with Crippen LogP contribution in [0.2, 0.25) is 5.02 Å². The van der Waals surface area contributed by atoms with Gasteiger partial charge < -0.3 is 5.32 Å². The van der Waals surface area contributed by atoms with Crippen LogP contribution in [0.1, 0.15) is 27.6 Å². The van der Waals surface area contributed by atoms with Crippen molar-refractivity contribution >= 4 is 45.9 Å². The van der Waals surface area contributed by atoms with Gasteiger partial charge in [0, 0.05) is 34.1 Å². The Kier molecular flexibility index (Phi) is 6.33. The lowest BCUT2D eigenvalue weighted by atomic mass is 10.0. The number of hydrazine groups is 1. The molecular weight excluding hydrogens is 440 g/mol. The zero-order chi connectivity index (χ0) is 23.4. The molecule has 7 nitrogen and oxygen atoms in total. The lowest BCUT2D eigenvalue weighted by Gasteiger charge is -2.12. The van der Waals surface area contributed by atoms with Crippen molar-refractivity contribution in [3.8, 4) is 11.3 Å². The van der Waals surface area contributed by atoms with Gasteiger partial charge in [-0.1, -0.05) is 41.9 Å². The third-order valence-electron chi connectivity index (χ3n) is 4.86. The summed E-state index contributed by atoms with van der Waals surface area (Å²) in [6.45, 7) is 1.40. The minimum absolute atomic E-state index is 0.206. The number of amides is 3. The second-order valence-corrected chi connectivity index (χ2v) is 7.68. The van der Waals surface area contributed by atoms with Gasteiger partial charge in [-0.25, -0.2) is 4.98 Å². The molecule has 3 N–H and O–H groups in total. The Morgan fingerprint density at radius 3 is 2.18 bits per heavy atom. The zero-order valence-corrected chi connectivity index (χ0v) is 18.3. The van der Waals surface area contributed by atoms with E-state index in [1.165, 1.54) is 6.92 Å². The minimum Gasteiger partial charge on any atom is -0.326 e. The standard InChI is InChI=1S/C25H19ClN4O3/c1-15(31)27-19-12-8-17(9-13-19)24(32)29-30-25(33)21-14-23(16-6-10-18(26)11-7-16)28-22-5-3-2-4-20(21)22/h2-14H,1H3,(H,27,31)(H,29,32)(H,30,33). The quantitative estimate of drug-likeness (QED) is 0.389. The number of rotatable bonds is 4. The molecule has 33 heavy (non-hydrogen) atoms. The van der Waals surface area contributed by atoms with Crippen LogP contribution in [0.5, 0.6) is 0 Å². The van der Waals surface area contributed by atoms with Crippen LogP contribution in [0.3, 0.4) is 0 Å². The topological polar surface area (TPSA) is 100 Å². The largest absolute Gasteiger partial charge is 0.326 e. The highest BCUT2D eigenvalue weighted by atomic mass is 35.5. The Balaban J connectivity index is 1.55. The van der Waals surface area contributed by atoms with E-state index in [9.17, 15) is 14.4 Å². The fourth-order valence-corrected chi connectivity index (χ4v) is 3.42. The normalized spacial score (nSPS) is 10.5. The van der Waals surface area contributed by atoms with Gasteiger partial charge >= 0.3 is 0 Å². The second kappa shape index (κ2) is 9.50. The molecule has 3 amide bonds. The van der Waals surface area contributed by atoms with Gasteiger partial charge in [0.15, 0.2) is 0 Å². The van der Waals surface area contributed by atoms with Crippen molar-refractivity contribution < 1.29 is 14.4 Å². The summed E-state index contributed by atoms with van der Waals surface area (Å²) in [5.74, 6) is -1.18. The monoisotopic (exact) mass is 458 g/mol. The van der Waals surface area contributed by atoms with Gasteiger partial charge in [0.05, 0.1) is 16.8 Å². The van der Waals surface area contributed by atoms with Crippen LogP contribution < -0.4 is 16.2 Å². The number of carbonyl (C=O) groups excluding carboxylic acids is 3. The molecule has 0 saturated heterocycles. The van der Waals surface area contributed by atoms with Crippen molar-refractivity contribution in [1.82, 2.24) is 15.8 Å². The van der Waals surface area contributed by atoms with Gasteiger partial charge in [0.2, 0.25) is 5.91 Å². The fourth-order valence-electron chi connectivity index (χ4n) is 3.29. The molecule has 0 atom stereocenters. The number of hydrogen-bond donors (Lipinski definition) is 3. The lowest BCUT2D eigenvalue weighted by Crippen LogP contribution is -2.41. The molecule has 1 aromatic heterocycles. The highest BCUT2D eigenvalue weighted by molar-refractivity contribution is 6.30. The van der Waals surface area contributed by atoms with E-state index in [1.54, 1.807) is 48.5 Å². The molecule has 3 aromatic carbocycles. The molecule has 0 fully saturated rings. The van der Waals surface area contributed by atoms with E-state index in [-0.39, 0.29) is 5.91 Å². The third-order valence-corrected chi connectivity index (χ3v) is 5.11. The molecule has 8 heteroatoms. The Labute approximate surface area is 194 Å². The van der Waals surface area contributed by atoms with Crippen molar-refractivity contribution in [1.29, 1.82) is 0 Å². The smallest absolute Gasteiger partial charge is 0.270 e. The number of nitrogens with zero attached hydrogens (tertiary/aromatic N) is 1. The number of hydrogen-bond acceptors (Lipinski definition) is 4. The first-order chi connectivity index (χ1) is 15.9. The fraction of sp³-hybridized carbons (Fsp3) is 0.0400. The van der Waals surface area contributed by atoms with Gasteiger partial charge in [0.25, 0.3) is 11.8 Å². The minimum atomic E-state index is -0.492. The lowest BCUT2D eigenvalue weighted by molar-refractivity contribution is -0.114. The summed E-state index contributed by atoms with van der Waals surface area (Å²) in [5.41, 5.74) is 8.22. The molecule has 0 aliphatic heterocycles. The molecule has 0 saturated carbocycles. The first-order valence-electron chi connectivity index (χ1n) is 10.0. The highest BCUT2D eigenvalue weighted by Crippen LogP contribution is 2.26. The summed E-state index contributed by atoms with van der Waals surface area (Å²) >= 11 is 5.98. The molecule has 0 bridgehead atoms. The van der Waals surface area contributed by atoms with Crippen LogP contribution in [0, 0.1) is 0 Å². The van der Waals surface area contributed by atoms with Gasteiger partial charge in [-0.2, -0.15) is 0 Å². The molecule has 0 radical (unpaired) electrons.